The monoisotopic (exact) mass is 365 g/mol. The fourth-order valence-corrected chi connectivity index (χ4v) is 3.99. The molecule has 1 aromatic heterocycles. The fourth-order valence-electron chi connectivity index (χ4n) is 3.99. The van der Waals surface area contributed by atoms with Gasteiger partial charge in [-0.3, -0.25) is 4.79 Å². The van der Waals surface area contributed by atoms with Crippen molar-refractivity contribution in [2.24, 2.45) is 5.73 Å². The van der Waals surface area contributed by atoms with Crippen molar-refractivity contribution in [2.45, 2.75) is 12.0 Å². The third-order valence-corrected chi connectivity index (χ3v) is 5.70. The van der Waals surface area contributed by atoms with Gasteiger partial charge in [0.25, 0.3) is 5.91 Å². The van der Waals surface area contributed by atoms with Gasteiger partial charge in [0, 0.05) is 63.0 Å². The van der Waals surface area contributed by atoms with Crippen LogP contribution in [-0.2, 0) is 0 Å². The Labute approximate surface area is 160 Å². The van der Waals surface area contributed by atoms with E-state index in [1.54, 1.807) is 6.20 Å². The SMILES string of the molecule is CN1CCN(c2cc(C(=O)N3C[C@@H](N)[C@H](c4ccccc4)C3)ccn2)CC1. The zero-order chi connectivity index (χ0) is 18.8. The molecule has 2 aromatic rings. The standard InChI is InChI=1S/C21H27N5O/c1-24-9-11-25(12-10-24)20-13-17(7-8-23-20)21(27)26-14-18(19(22)15-26)16-5-3-2-4-6-16/h2-8,13,18-19H,9-12,14-15,22H2,1H3/t18-,19+/m0/s1. The summed E-state index contributed by atoms with van der Waals surface area (Å²) in [5.74, 6) is 1.12. The zero-order valence-electron chi connectivity index (χ0n) is 15.8. The average molecular weight is 365 g/mol. The molecule has 6 heteroatoms. The molecule has 2 N–H and O–H groups in total. The quantitative estimate of drug-likeness (QED) is 0.891. The van der Waals surface area contributed by atoms with Gasteiger partial charge in [-0.1, -0.05) is 30.3 Å². The molecule has 2 saturated heterocycles. The summed E-state index contributed by atoms with van der Waals surface area (Å²) >= 11 is 0. The Kier molecular flexibility index (Phi) is 5.09. The van der Waals surface area contributed by atoms with Crippen LogP contribution >= 0.6 is 0 Å². The van der Waals surface area contributed by atoms with E-state index >= 15 is 0 Å². The van der Waals surface area contributed by atoms with E-state index in [0.717, 1.165) is 32.0 Å². The minimum absolute atomic E-state index is 0.0321. The van der Waals surface area contributed by atoms with Crippen LogP contribution in [-0.4, -0.2) is 73.0 Å². The Bertz CT molecular complexity index is 788. The first-order valence-electron chi connectivity index (χ1n) is 9.61. The molecule has 2 aliphatic heterocycles. The third kappa shape index (κ3) is 3.82. The first-order chi connectivity index (χ1) is 13.1. The van der Waals surface area contributed by atoms with E-state index in [9.17, 15) is 4.79 Å². The van der Waals surface area contributed by atoms with Crippen molar-refractivity contribution in [1.82, 2.24) is 14.8 Å². The number of likely N-dealkylation sites (tertiary alicyclic amines) is 1. The minimum atomic E-state index is -0.0321. The Morgan fingerprint density at radius 3 is 2.56 bits per heavy atom. The first kappa shape index (κ1) is 17.9. The number of nitrogens with two attached hydrogens (primary N) is 1. The maximum Gasteiger partial charge on any atom is 0.254 e. The number of carbonyl (C=O) groups excluding carboxylic acids is 1. The van der Waals surface area contributed by atoms with Gasteiger partial charge in [-0.2, -0.15) is 0 Å². The molecule has 3 heterocycles. The summed E-state index contributed by atoms with van der Waals surface area (Å²) in [7, 11) is 2.13. The number of anilines is 1. The number of pyridine rings is 1. The van der Waals surface area contributed by atoms with Crippen LogP contribution in [0.5, 0.6) is 0 Å². The van der Waals surface area contributed by atoms with Crippen molar-refractivity contribution in [3.8, 4) is 0 Å². The van der Waals surface area contributed by atoms with Gasteiger partial charge in [0.15, 0.2) is 0 Å². The molecular formula is C21H27N5O. The summed E-state index contributed by atoms with van der Waals surface area (Å²) in [6, 6.07) is 13.9. The summed E-state index contributed by atoms with van der Waals surface area (Å²) in [6.45, 7) is 5.15. The molecule has 1 amide bonds. The molecule has 4 rings (SSSR count). The molecule has 2 fully saturated rings. The molecule has 2 aliphatic rings. The topological polar surface area (TPSA) is 65.7 Å². The third-order valence-electron chi connectivity index (χ3n) is 5.70. The van der Waals surface area contributed by atoms with Crippen LogP contribution in [0.25, 0.3) is 0 Å². The molecule has 2 atom stereocenters. The van der Waals surface area contributed by atoms with Gasteiger partial charge >= 0.3 is 0 Å². The average Bonchev–Trinajstić information content (AvgIpc) is 3.10. The molecule has 1 aromatic carbocycles. The Morgan fingerprint density at radius 2 is 1.81 bits per heavy atom. The largest absolute Gasteiger partial charge is 0.354 e. The van der Waals surface area contributed by atoms with Gasteiger partial charge in [-0.25, -0.2) is 4.98 Å². The summed E-state index contributed by atoms with van der Waals surface area (Å²) in [4.78, 5) is 24.0. The summed E-state index contributed by atoms with van der Waals surface area (Å²) in [5, 5.41) is 0. The molecule has 0 unspecified atom stereocenters. The van der Waals surface area contributed by atoms with E-state index < -0.39 is 0 Å². The van der Waals surface area contributed by atoms with Crippen LogP contribution in [0.1, 0.15) is 21.8 Å². The van der Waals surface area contributed by atoms with Crippen molar-refractivity contribution in [3.63, 3.8) is 0 Å². The van der Waals surface area contributed by atoms with Crippen molar-refractivity contribution in [2.75, 3.05) is 51.2 Å². The Morgan fingerprint density at radius 1 is 1.07 bits per heavy atom. The van der Waals surface area contributed by atoms with E-state index in [-0.39, 0.29) is 17.9 Å². The lowest BCUT2D eigenvalue weighted by Crippen LogP contribution is -2.44. The number of amides is 1. The number of rotatable bonds is 3. The van der Waals surface area contributed by atoms with Gasteiger partial charge in [0.2, 0.25) is 0 Å². The predicted octanol–water partition coefficient (Wildman–Crippen LogP) is 1.40. The smallest absolute Gasteiger partial charge is 0.254 e. The van der Waals surface area contributed by atoms with Crippen molar-refractivity contribution in [1.29, 1.82) is 0 Å². The van der Waals surface area contributed by atoms with E-state index in [1.807, 2.05) is 35.2 Å². The van der Waals surface area contributed by atoms with E-state index in [2.05, 4.69) is 34.0 Å². The number of aromatic nitrogens is 1. The highest BCUT2D eigenvalue weighted by Crippen LogP contribution is 2.28. The molecule has 0 aliphatic carbocycles. The molecule has 0 spiro atoms. The summed E-state index contributed by atoms with van der Waals surface area (Å²) in [6.07, 6.45) is 1.74. The molecular weight excluding hydrogens is 338 g/mol. The van der Waals surface area contributed by atoms with Crippen LogP contribution in [0, 0.1) is 0 Å². The maximum absolute atomic E-state index is 13.1. The van der Waals surface area contributed by atoms with Gasteiger partial charge in [0.05, 0.1) is 0 Å². The number of piperazine rings is 1. The lowest BCUT2D eigenvalue weighted by Gasteiger charge is -2.33. The van der Waals surface area contributed by atoms with Crippen LogP contribution in [0.3, 0.4) is 0 Å². The van der Waals surface area contributed by atoms with Crippen molar-refractivity contribution < 1.29 is 4.79 Å². The van der Waals surface area contributed by atoms with E-state index in [4.69, 9.17) is 5.73 Å². The zero-order valence-corrected chi connectivity index (χ0v) is 15.8. The second-order valence-corrected chi connectivity index (χ2v) is 7.58. The molecule has 0 radical (unpaired) electrons. The van der Waals surface area contributed by atoms with E-state index in [1.165, 1.54) is 5.56 Å². The Hall–Kier alpha value is -2.44. The Balaban J connectivity index is 1.48. The number of likely N-dealkylation sites (N-methyl/N-ethyl adjacent to an activating group) is 1. The molecule has 0 saturated carbocycles. The summed E-state index contributed by atoms with van der Waals surface area (Å²) in [5.41, 5.74) is 8.25. The lowest BCUT2D eigenvalue weighted by molar-refractivity contribution is 0.0789. The number of benzene rings is 1. The van der Waals surface area contributed by atoms with Gasteiger partial charge < -0.3 is 20.4 Å². The highest BCUT2D eigenvalue weighted by molar-refractivity contribution is 5.95. The number of nitrogens with zero attached hydrogens (tertiary/aromatic N) is 4. The van der Waals surface area contributed by atoms with E-state index in [0.29, 0.717) is 18.7 Å². The molecule has 0 bridgehead atoms. The van der Waals surface area contributed by atoms with Gasteiger partial charge in [0.1, 0.15) is 5.82 Å². The van der Waals surface area contributed by atoms with Gasteiger partial charge in [-0.05, 0) is 24.7 Å². The van der Waals surface area contributed by atoms with Crippen LogP contribution < -0.4 is 10.6 Å². The first-order valence-corrected chi connectivity index (χ1v) is 9.61. The number of carbonyl (C=O) groups is 1. The van der Waals surface area contributed by atoms with Crippen molar-refractivity contribution in [3.05, 3.63) is 59.8 Å². The molecule has 27 heavy (non-hydrogen) atoms. The second-order valence-electron chi connectivity index (χ2n) is 7.58. The maximum atomic E-state index is 13.1. The minimum Gasteiger partial charge on any atom is -0.354 e. The van der Waals surface area contributed by atoms with Crippen LogP contribution in [0.4, 0.5) is 5.82 Å². The molecule has 6 nitrogen and oxygen atoms in total. The summed E-state index contributed by atoms with van der Waals surface area (Å²) < 4.78 is 0. The number of hydrogen-bond acceptors (Lipinski definition) is 5. The van der Waals surface area contributed by atoms with Crippen molar-refractivity contribution >= 4 is 11.7 Å². The lowest BCUT2D eigenvalue weighted by atomic mass is 9.95. The molecule has 142 valence electrons. The predicted molar refractivity (Wildman–Crippen MR) is 107 cm³/mol. The highest BCUT2D eigenvalue weighted by Gasteiger charge is 2.34. The second kappa shape index (κ2) is 7.66. The van der Waals surface area contributed by atoms with Crippen LogP contribution in [0.15, 0.2) is 48.7 Å². The van der Waals surface area contributed by atoms with Crippen LogP contribution in [0.2, 0.25) is 0 Å². The van der Waals surface area contributed by atoms with Gasteiger partial charge in [-0.15, -0.1) is 0 Å². The fraction of sp³-hybridized carbons (Fsp3) is 0.429. The normalized spacial score (nSPS) is 23.6. The highest BCUT2D eigenvalue weighted by atomic mass is 16.2. The number of hydrogen-bond donors (Lipinski definition) is 1.